The Bertz CT molecular complexity index is 897. The van der Waals surface area contributed by atoms with Crippen molar-refractivity contribution in [2.24, 2.45) is 5.92 Å². The van der Waals surface area contributed by atoms with Crippen LogP contribution in [0.15, 0.2) is 72.9 Å². The first-order chi connectivity index (χ1) is 22.4. The minimum atomic E-state index is -0.829. The van der Waals surface area contributed by atoms with E-state index in [9.17, 15) is 19.8 Å². The highest BCUT2D eigenvalue weighted by molar-refractivity contribution is 5.70. The third-order valence-electron chi connectivity index (χ3n) is 7.65. The van der Waals surface area contributed by atoms with Gasteiger partial charge < -0.3 is 19.7 Å². The number of carbonyl (C=O) groups is 2. The molecule has 0 aliphatic carbocycles. The van der Waals surface area contributed by atoms with Crippen LogP contribution in [-0.4, -0.2) is 47.6 Å². The molecule has 6 heteroatoms. The summed E-state index contributed by atoms with van der Waals surface area (Å²) in [4.78, 5) is 24.1. The van der Waals surface area contributed by atoms with Crippen molar-refractivity contribution in [3.63, 3.8) is 0 Å². The van der Waals surface area contributed by atoms with Gasteiger partial charge in [-0.3, -0.25) is 9.59 Å². The molecule has 0 heterocycles. The third kappa shape index (κ3) is 31.3. The van der Waals surface area contributed by atoms with E-state index in [-0.39, 0.29) is 25.6 Å². The van der Waals surface area contributed by atoms with Crippen molar-refractivity contribution in [2.45, 2.75) is 149 Å². The predicted molar refractivity (Wildman–Crippen MR) is 192 cm³/mol. The molecule has 0 bridgehead atoms. The lowest BCUT2D eigenvalue weighted by molar-refractivity contribution is -0.161. The van der Waals surface area contributed by atoms with Crippen molar-refractivity contribution in [2.75, 3.05) is 13.2 Å². The number of ether oxygens (including phenoxy) is 2. The van der Waals surface area contributed by atoms with E-state index < -0.39 is 18.2 Å². The van der Waals surface area contributed by atoms with Gasteiger partial charge in [0.25, 0.3) is 0 Å². The summed E-state index contributed by atoms with van der Waals surface area (Å²) in [6.45, 7) is 6.20. The normalized spacial score (nSPS) is 14.5. The first kappa shape index (κ1) is 43.3. The molecule has 46 heavy (non-hydrogen) atoms. The highest BCUT2D eigenvalue weighted by Gasteiger charge is 2.15. The van der Waals surface area contributed by atoms with Gasteiger partial charge in [-0.2, -0.15) is 0 Å². The van der Waals surface area contributed by atoms with Crippen molar-refractivity contribution in [3.05, 3.63) is 72.9 Å². The maximum atomic E-state index is 12.1. The topological polar surface area (TPSA) is 93.1 Å². The molecule has 0 saturated carbocycles. The minimum Gasteiger partial charge on any atom is -0.462 e. The predicted octanol–water partition coefficient (Wildman–Crippen LogP) is 9.83. The van der Waals surface area contributed by atoms with E-state index in [2.05, 4.69) is 51.2 Å². The molecule has 0 spiro atoms. The Hall–Kier alpha value is -2.70. The molecule has 0 saturated heterocycles. The fourth-order valence-electron chi connectivity index (χ4n) is 4.52. The van der Waals surface area contributed by atoms with Crippen molar-refractivity contribution >= 4 is 11.9 Å². The second-order valence-corrected chi connectivity index (χ2v) is 12.0. The Morgan fingerprint density at radius 1 is 0.696 bits per heavy atom. The van der Waals surface area contributed by atoms with E-state index in [1.54, 1.807) is 6.08 Å². The molecule has 2 N–H and O–H groups in total. The zero-order valence-corrected chi connectivity index (χ0v) is 29.3. The molecule has 0 aliphatic rings. The number of hydrogen-bond donors (Lipinski definition) is 2. The average molecular weight is 643 g/mol. The van der Waals surface area contributed by atoms with E-state index in [1.807, 2.05) is 36.5 Å². The molecule has 3 atom stereocenters. The number of carbonyl (C=O) groups excluding carboxylic acids is 2. The van der Waals surface area contributed by atoms with E-state index in [1.165, 1.54) is 44.9 Å². The average Bonchev–Trinajstić information content (AvgIpc) is 3.05. The zero-order chi connectivity index (χ0) is 33.9. The van der Waals surface area contributed by atoms with Crippen LogP contribution in [0.25, 0.3) is 0 Å². The second kappa shape index (κ2) is 33.7. The number of unbranched alkanes of at least 4 members (excludes halogenated alkanes) is 7. The smallest absolute Gasteiger partial charge is 0.306 e. The van der Waals surface area contributed by atoms with Crippen molar-refractivity contribution in [1.29, 1.82) is 0 Å². The Kier molecular flexibility index (Phi) is 31.7. The number of allylic oxidation sites excluding steroid dienone is 10. The van der Waals surface area contributed by atoms with Gasteiger partial charge >= 0.3 is 11.9 Å². The Labute approximate surface area is 281 Å². The molecule has 2 unspecified atom stereocenters. The maximum Gasteiger partial charge on any atom is 0.306 e. The minimum absolute atomic E-state index is 0.113. The molecule has 262 valence electrons. The van der Waals surface area contributed by atoms with Gasteiger partial charge in [0, 0.05) is 12.8 Å². The molecule has 0 aliphatic heterocycles. The SMILES string of the molecule is CC/C=C\C/C=C\CC(O)/C=C/C=C\C/C=C\C/C=C\CCC(=O)O[C@@H](CO)COC(=O)CCCCCCCCCCC(C)CC. The van der Waals surface area contributed by atoms with Gasteiger partial charge in [0.2, 0.25) is 0 Å². The summed E-state index contributed by atoms with van der Waals surface area (Å²) in [5.41, 5.74) is 0. The maximum absolute atomic E-state index is 12.1. The first-order valence-electron chi connectivity index (χ1n) is 18.0. The number of hydrogen-bond acceptors (Lipinski definition) is 6. The molecule has 0 fully saturated rings. The molecular weight excluding hydrogens is 576 g/mol. The fraction of sp³-hybridized carbons (Fsp3) is 0.650. The molecule has 0 aromatic heterocycles. The summed E-state index contributed by atoms with van der Waals surface area (Å²) in [5.74, 6) is 0.118. The van der Waals surface area contributed by atoms with Crippen molar-refractivity contribution in [3.8, 4) is 0 Å². The lowest BCUT2D eigenvalue weighted by Crippen LogP contribution is -2.28. The summed E-state index contributed by atoms with van der Waals surface area (Å²) >= 11 is 0. The number of aliphatic hydroxyl groups excluding tert-OH is 2. The highest BCUT2D eigenvalue weighted by Crippen LogP contribution is 2.15. The summed E-state index contributed by atoms with van der Waals surface area (Å²) in [5, 5.41) is 19.4. The van der Waals surface area contributed by atoms with Gasteiger partial charge in [-0.1, -0.05) is 151 Å². The largest absolute Gasteiger partial charge is 0.462 e. The fourth-order valence-corrected chi connectivity index (χ4v) is 4.52. The summed E-state index contributed by atoms with van der Waals surface area (Å²) < 4.78 is 10.5. The Morgan fingerprint density at radius 2 is 1.30 bits per heavy atom. The molecule has 0 aromatic carbocycles. The van der Waals surface area contributed by atoms with E-state index in [0.717, 1.165) is 50.9 Å². The summed E-state index contributed by atoms with van der Waals surface area (Å²) in [7, 11) is 0. The van der Waals surface area contributed by atoms with Crippen LogP contribution in [0.5, 0.6) is 0 Å². The van der Waals surface area contributed by atoms with Crippen LogP contribution in [0.1, 0.15) is 136 Å². The number of rotatable bonds is 30. The molecule has 6 nitrogen and oxygen atoms in total. The lowest BCUT2D eigenvalue weighted by Gasteiger charge is -2.15. The zero-order valence-electron chi connectivity index (χ0n) is 29.3. The van der Waals surface area contributed by atoms with Crippen molar-refractivity contribution in [1.82, 2.24) is 0 Å². The van der Waals surface area contributed by atoms with Gasteiger partial charge in [0.1, 0.15) is 6.61 Å². The standard InChI is InChI=1S/C40H66O6/c1-4-6-7-8-20-25-30-37(42)31-26-21-16-11-9-10-12-18-23-28-33-40(44)46-38(34-41)35-45-39(43)32-27-22-17-14-13-15-19-24-29-36(3)5-2/h6-7,9-10,16,18,20-21,23,25-26,31,36-38,41-42H,4-5,8,11-15,17,19,22,24,27-30,32-35H2,1-3H3/b7-6-,10-9-,21-16-,23-18-,25-20-,31-26+/t36?,37?,38-/m0/s1. The van der Waals surface area contributed by atoms with Crippen LogP contribution < -0.4 is 0 Å². The van der Waals surface area contributed by atoms with Gasteiger partial charge in [-0.25, -0.2) is 0 Å². The Balaban J connectivity index is 3.84. The molecule has 0 radical (unpaired) electrons. The van der Waals surface area contributed by atoms with E-state index in [4.69, 9.17) is 9.47 Å². The molecule has 0 rings (SSSR count). The van der Waals surface area contributed by atoms with Gasteiger partial charge in [-0.15, -0.1) is 0 Å². The van der Waals surface area contributed by atoms with Crippen LogP contribution in [-0.2, 0) is 19.1 Å². The monoisotopic (exact) mass is 642 g/mol. The number of esters is 2. The summed E-state index contributed by atoms with van der Waals surface area (Å²) in [6.07, 6.45) is 39.9. The molecule has 0 amide bonds. The Morgan fingerprint density at radius 3 is 1.98 bits per heavy atom. The molecule has 0 aromatic rings. The quantitative estimate of drug-likeness (QED) is 0.0351. The van der Waals surface area contributed by atoms with Gasteiger partial charge in [0.05, 0.1) is 12.7 Å². The van der Waals surface area contributed by atoms with Crippen LogP contribution in [0, 0.1) is 5.92 Å². The third-order valence-corrected chi connectivity index (χ3v) is 7.65. The van der Waals surface area contributed by atoms with Crippen LogP contribution >= 0.6 is 0 Å². The lowest BCUT2D eigenvalue weighted by atomic mass is 9.99. The summed E-state index contributed by atoms with van der Waals surface area (Å²) in [6, 6.07) is 0. The van der Waals surface area contributed by atoms with Crippen LogP contribution in [0.4, 0.5) is 0 Å². The molecular formula is C40H66O6. The van der Waals surface area contributed by atoms with E-state index >= 15 is 0 Å². The van der Waals surface area contributed by atoms with Crippen LogP contribution in [0.2, 0.25) is 0 Å². The van der Waals surface area contributed by atoms with Crippen LogP contribution in [0.3, 0.4) is 0 Å². The highest BCUT2D eigenvalue weighted by atomic mass is 16.6. The first-order valence-corrected chi connectivity index (χ1v) is 18.0. The van der Waals surface area contributed by atoms with Gasteiger partial charge in [-0.05, 0) is 50.9 Å². The number of aliphatic hydroxyl groups is 2. The van der Waals surface area contributed by atoms with E-state index in [0.29, 0.717) is 19.3 Å². The second-order valence-electron chi connectivity index (χ2n) is 12.0. The van der Waals surface area contributed by atoms with Crippen molar-refractivity contribution < 1.29 is 29.3 Å². The van der Waals surface area contributed by atoms with Gasteiger partial charge in [0.15, 0.2) is 6.10 Å².